The lowest BCUT2D eigenvalue weighted by atomic mass is 9.93. The van der Waals surface area contributed by atoms with Crippen LogP contribution in [0.1, 0.15) is 46.8 Å². The molecule has 0 bridgehead atoms. The van der Waals surface area contributed by atoms with Gasteiger partial charge < -0.3 is 14.9 Å². The molecule has 0 aliphatic carbocycles. The van der Waals surface area contributed by atoms with Crippen LogP contribution < -0.4 is 10.6 Å². The number of nitrogens with zero attached hydrogens (tertiary/aromatic N) is 1. The van der Waals surface area contributed by atoms with Crippen LogP contribution in [0.3, 0.4) is 0 Å². The van der Waals surface area contributed by atoms with E-state index in [2.05, 4.69) is 15.8 Å². The second-order valence-corrected chi connectivity index (χ2v) is 6.29. The van der Waals surface area contributed by atoms with Crippen molar-refractivity contribution in [2.24, 2.45) is 5.92 Å². The maximum absolute atomic E-state index is 11.9. The van der Waals surface area contributed by atoms with Gasteiger partial charge in [0.2, 0.25) is 0 Å². The topological polar surface area (TPSA) is 87.4 Å². The van der Waals surface area contributed by atoms with E-state index < -0.39 is 0 Å². The molecule has 0 aromatic carbocycles. The summed E-state index contributed by atoms with van der Waals surface area (Å²) in [4.78, 5) is 11.9. The van der Waals surface area contributed by atoms with E-state index in [0.717, 1.165) is 0 Å². The third-order valence-electron chi connectivity index (χ3n) is 3.05. The Balaban J connectivity index is 2.60. The molecule has 2 amide bonds. The van der Waals surface area contributed by atoms with Crippen molar-refractivity contribution in [2.45, 2.75) is 52.5 Å². The second-order valence-electron chi connectivity index (χ2n) is 6.29. The number of aromatic nitrogens is 1. The number of aliphatic hydroxyl groups is 1. The smallest absolute Gasteiger partial charge is 0.320 e. The first-order valence-electron chi connectivity index (χ1n) is 6.89. The summed E-state index contributed by atoms with van der Waals surface area (Å²) < 4.78 is 5.20. The van der Waals surface area contributed by atoms with Gasteiger partial charge in [-0.25, -0.2) is 4.79 Å². The monoisotopic (exact) mass is 283 g/mol. The highest BCUT2D eigenvalue weighted by atomic mass is 16.5. The van der Waals surface area contributed by atoms with Crippen molar-refractivity contribution in [1.29, 1.82) is 0 Å². The van der Waals surface area contributed by atoms with E-state index in [0.29, 0.717) is 18.0 Å². The van der Waals surface area contributed by atoms with Crippen molar-refractivity contribution in [3.8, 4) is 0 Å². The number of hydrogen-bond acceptors (Lipinski definition) is 4. The molecule has 1 atom stereocenters. The molecule has 0 saturated heterocycles. The maximum Gasteiger partial charge on any atom is 0.320 e. The van der Waals surface area contributed by atoms with Crippen molar-refractivity contribution >= 4 is 11.8 Å². The number of amides is 2. The zero-order chi connectivity index (χ0) is 15.3. The molecule has 1 aromatic rings. The standard InChI is InChI=1S/C14H25N3O3/c1-9(2)10(6-7-18)15-13(19)16-12-8-11(20-17-12)14(3,4)5/h8-10,18H,6-7H2,1-5H3,(H2,15,16,17,19). The number of urea groups is 1. The van der Waals surface area contributed by atoms with Crippen molar-refractivity contribution in [1.82, 2.24) is 10.5 Å². The SMILES string of the molecule is CC(C)C(CCO)NC(=O)Nc1cc(C(C)(C)C)on1. The Morgan fingerprint density at radius 2 is 2.10 bits per heavy atom. The summed E-state index contributed by atoms with van der Waals surface area (Å²) in [5.41, 5.74) is -0.152. The van der Waals surface area contributed by atoms with E-state index in [1.54, 1.807) is 6.07 Å². The van der Waals surface area contributed by atoms with Gasteiger partial charge in [0.25, 0.3) is 0 Å². The highest BCUT2D eigenvalue weighted by molar-refractivity contribution is 5.88. The number of aliphatic hydroxyl groups excluding tert-OH is 1. The number of carbonyl (C=O) groups excluding carboxylic acids is 1. The van der Waals surface area contributed by atoms with Crippen LogP contribution in [0.2, 0.25) is 0 Å². The van der Waals surface area contributed by atoms with Crippen LogP contribution in [0.25, 0.3) is 0 Å². The van der Waals surface area contributed by atoms with Gasteiger partial charge in [-0.15, -0.1) is 0 Å². The first-order valence-corrected chi connectivity index (χ1v) is 6.89. The first-order chi connectivity index (χ1) is 9.24. The van der Waals surface area contributed by atoms with Crippen LogP contribution in [0.15, 0.2) is 10.6 Å². The van der Waals surface area contributed by atoms with Gasteiger partial charge in [0, 0.05) is 24.1 Å². The van der Waals surface area contributed by atoms with Gasteiger partial charge in [0.15, 0.2) is 5.82 Å². The van der Waals surface area contributed by atoms with Crippen LogP contribution in [0.4, 0.5) is 10.6 Å². The summed E-state index contributed by atoms with van der Waals surface area (Å²) in [6.07, 6.45) is 0.525. The fourth-order valence-electron chi connectivity index (χ4n) is 1.72. The van der Waals surface area contributed by atoms with E-state index >= 15 is 0 Å². The lowest BCUT2D eigenvalue weighted by Gasteiger charge is -2.21. The van der Waals surface area contributed by atoms with Crippen LogP contribution in [-0.4, -0.2) is 28.9 Å². The lowest BCUT2D eigenvalue weighted by Crippen LogP contribution is -2.41. The summed E-state index contributed by atoms with van der Waals surface area (Å²) >= 11 is 0. The minimum absolute atomic E-state index is 0.0429. The van der Waals surface area contributed by atoms with E-state index in [1.165, 1.54) is 0 Å². The third kappa shape index (κ3) is 4.85. The molecule has 0 aliphatic heterocycles. The van der Waals surface area contributed by atoms with Gasteiger partial charge in [-0.3, -0.25) is 5.32 Å². The normalized spacial score (nSPS) is 13.3. The Labute approximate surface area is 119 Å². The number of hydrogen-bond donors (Lipinski definition) is 3. The van der Waals surface area contributed by atoms with Gasteiger partial charge >= 0.3 is 6.03 Å². The molecular formula is C14H25N3O3. The summed E-state index contributed by atoms with van der Waals surface area (Å²) in [7, 11) is 0. The molecule has 0 radical (unpaired) electrons. The fourth-order valence-corrected chi connectivity index (χ4v) is 1.72. The van der Waals surface area contributed by atoms with Gasteiger partial charge in [0.05, 0.1) is 0 Å². The zero-order valence-electron chi connectivity index (χ0n) is 12.9. The quantitative estimate of drug-likeness (QED) is 0.774. The molecule has 0 spiro atoms. The number of carbonyl (C=O) groups is 1. The molecule has 6 nitrogen and oxygen atoms in total. The Morgan fingerprint density at radius 1 is 1.45 bits per heavy atom. The second kappa shape index (κ2) is 6.74. The lowest BCUT2D eigenvalue weighted by molar-refractivity contribution is 0.227. The Kier molecular flexibility index (Phi) is 5.56. The van der Waals surface area contributed by atoms with Crippen LogP contribution in [0.5, 0.6) is 0 Å². The average Bonchev–Trinajstić information content (AvgIpc) is 2.76. The van der Waals surface area contributed by atoms with Crippen molar-refractivity contribution in [3.05, 3.63) is 11.8 Å². The Morgan fingerprint density at radius 3 is 2.55 bits per heavy atom. The van der Waals surface area contributed by atoms with E-state index in [-0.39, 0.29) is 30.0 Å². The van der Waals surface area contributed by atoms with Crippen LogP contribution in [-0.2, 0) is 5.41 Å². The molecular weight excluding hydrogens is 258 g/mol. The van der Waals surface area contributed by atoms with Crippen molar-refractivity contribution < 1.29 is 14.4 Å². The zero-order valence-corrected chi connectivity index (χ0v) is 12.9. The molecule has 1 heterocycles. The predicted octanol–water partition coefficient (Wildman–Crippen LogP) is 2.50. The molecule has 1 unspecified atom stereocenters. The van der Waals surface area contributed by atoms with E-state index in [9.17, 15) is 4.79 Å². The van der Waals surface area contributed by atoms with E-state index in [4.69, 9.17) is 9.63 Å². The highest BCUT2D eigenvalue weighted by Crippen LogP contribution is 2.24. The van der Waals surface area contributed by atoms with Crippen molar-refractivity contribution in [3.63, 3.8) is 0 Å². The molecule has 114 valence electrons. The summed E-state index contributed by atoms with van der Waals surface area (Å²) in [5.74, 6) is 1.35. The Hall–Kier alpha value is -1.56. The van der Waals surface area contributed by atoms with E-state index in [1.807, 2.05) is 34.6 Å². The number of nitrogens with one attached hydrogen (secondary N) is 2. The minimum atomic E-state index is -0.342. The highest BCUT2D eigenvalue weighted by Gasteiger charge is 2.21. The van der Waals surface area contributed by atoms with Gasteiger partial charge in [-0.1, -0.05) is 39.8 Å². The average molecular weight is 283 g/mol. The maximum atomic E-state index is 11.9. The molecule has 0 aliphatic rings. The van der Waals surface area contributed by atoms with Gasteiger partial charge in [0.1, 0.15) is 5.76 Å². The number of rotatable bonds is 5. The minimum Gasteiger partial charge on any atom is -0.396 e. The fraction of sp³-hybridized carbons (Fsp3) is 0.714. The van der Waals surface area contributed by atoms with Crippen LogP contribution >= 0.6 is 0 Å². The number of anilines is 1. The summed E-state index contributed by atoms with van der Waals surface area (Å²) in [6.45, 7) is 10.1. The molecule has 3 N–H and O–H groups in total. The van der Waals surface area contributed by atoms with Gasteiger partial charge in [-0.05, 0) is 12.3 Å². The molecule has 1 aromatic heterocycles. The van der Waals surface area contributed by atoms with Gasteiger partial charge in [-0.2, -0.15) is 0 Å². The Bertz CT molecular complexity index is 435. The molecule has 0 fully saturated rings. The molecule has 20 heavy (non-hydrogen) atoms. The molecule has 1 rings (SSSR count). The molecule has 0 saturated carbocycles. The largest absolute Gasteiger partial charge is 0.396 e. The van der Waals surface area contributed by atoms with Crippen molar-refractivity contribution in [2.75, 3.05) is 11.9 Å². The summed E-state index contributed by atoms with van der Waals surface area (Å²) in [5, 5.41) is 18.3. The predicted molar refractivity (Wildman–Crippen MR) is 77.7 cm³/mol. The third-order valence-corrected chi connectivity index (χ3v) is 3.05. The first kappa shape index (κ1) is 16.5. The van der Waals surface area contributed by atoms with Crippen LogP contribution in [0, 0.1) is 5.92 Å². The molecule has 6 heteroatoms. The summed E-state index contributed by atoms with van der Waals surface area (Å²) in [6, 6.07) is 1.30.